The van der Waals surface area contributed by atoms with Crippen LogP contribution in [0.4, 0.5) is 0 Å². The van der Waals surface area contributed by atoms with Gasteiger partial charge in [-0.05, 0) is 19.3 Å². The van der Waals surface area contributed by atoms with E-state index in [4.69, 9.17) is 15.6 Å². The van der Waals surface area contributed by atoms with E-state index in [9.17, 15) is 9.59 Å². The van der Waals surface area contributed by atoms with Crippen molar-refractivity contribution in [2.45, 2.75) is 32.2 Å². The number of aliphatic carboxylic acids is 1. The van der Waals surface area contributed by atoms with E-state index in [0.717, 1.165) is 0 Å². The van der Waals surface area contributed by atoms with Gasteiger partial charge < -0.3 is 20.9 Å². The van der Waals surface area contributed by atoms with Gasteiger partial charge >= 0.3 is 5.97 Å². The zero-order chi connectivity index (χ0) is 13.3. The molecule has 0 aliphatic heterocycles. The number of amides is 1. The first-order valence-corrected chi connectivity index (χ1v) is 5.78. The molecule has 0 rings (SSSR count). The number of rotatable bonds is 9. The second kappa shape index (κ2) is 8.95. The molecule has 0 saturated carbocycles. The van der Waals surface area contributed by atoms with Crippen molar-refractivity contribution in [1.29, 1.82) is 0 Å². The Balaban J connectivity index is 4.23. The maximum atomic E-state index is 11.7. The Bertz CT molecular complexity index is 242. The maximum Gasteiger partial charge on any atom is 0.326 e. The molecule has 0 bridgehead atoms. The zero-order valence-electron chi connectivity index (χ0n) is 10.4. The SMILES string of the molecule is CCC(CN)C(=O)NC(CCCOC)C(=O)O. The van der Waals surface area contributed by atoms with Crippen molar-refractivity contribution in [2.24, 2.45) is 11.7 Å². The summed E-state index contributed by atoms with van der Waals surface area (Å²) in [6, 6.07) is -0.863. The fourth-order valence-electron chi connectivity index (χ4n) is 1.44. The Hall–Kier alpha value is -1.14. The largest absolute Gasteiger partial charge is 0.480 e. The molecule has 0 spiro atoms. The molecular formula is C11H22N2O4. The van der Waals surface area contributed by atoms with Crippen molar-refractivity contribution in [3.05, 3.63) is 0 Å². The van der Waals surface area contributed by atoms with Crippen LogP contribution in [-0.2, 0) is 14.3 Å². The summed E-state index contributed by atoms with van der Waals surface area (Å²) >= 11 is 0. The van der Waals surface area contributed by atoms with E-state index in [0.29, 0.717) is 25.9 Å². The van der Waals surface area contributed by atoms with Crippen LogP contribution in [0.2, 0.25) is 0 Å². The molecule has 100 valence electrons. The Morgan fingerprint density at radius 1 is 1.47 bits per heavy atom. The van der Waals surface area contributed by atoms with E-state index in [2.05, 4.69) is 5.32 Å². The number of carboxylic acid groups (broad SMARTS) is 1. The Kier molecular flexibility index (Phi) is 8.35. The highest BCUT2D eigenvalue weighted by Gasteiger charge is 2.23. The molecule has 4 N–H and O–H groups in total. The molecule has 0 radical (unpaired) electrons. The predicted octanol–water partition coefficient (Wildman–Crippen LogP) is -0.0327. The molecule has 6 nitrogen and oxygen atoms in total. The maximum absolute atomic E-state index is 11.7. The lowest BCUT2D eigenvalue weighted by molar-refractivity contribution is -0.142. The van der Waals surface area contributed by atoms with Crippen molar-refractivity contribution in [3.63, 3.8) is 0 Å². The Labute approximate surface area is 102 Å². The van der Waals surface area contributed by atoms with Gasteiger partial charge in [0.15, 0.2) is 0 Å². The van der Waals surface area contributed by atoms with Crippen molar-refractivity contribution >= 4 is 11.9 Å². The average Bonchev–Trinajstić information content (AvgIpc) is 2.29. The minimum Gasteiger partial charge on any atom is -0.480 e. The van der Waals surface area contributed by atoms with Gasteiger partial charge in [0.2, 0.25) is 5.91 Å². The second-order valence-corrected chi connectivity index (χ2v) is 3.88. The molecule has 6 heteroatoms. The molecule has 0 fully saturated rings. The number of nitrogens with two attached hydrogens (primary N) is 1. The third-order valence-corrected chi connectivity index (χ3v) is 2.60. The van der Waals surface area contributed by atoms with Gasteiger partial charge in [-0.1, -0.05) is 6.92 Å². The summed E-state index contributed by atoms with van der Waals surface area (Å²) in [6.07, 6.45) is 1.55. The highest BCUT2D eigenvalue weighted by molar-refractivity contribution is 5.85. The number of ether oxygens (including phenoxy) is 1. The van der Waals surface area contributed by atoms with E-state index in [1.807, 2.05) is 6.92 Å². The van der Waals surface area contributed by atoms with E-state index in [1.165, 1.54) is 0 Å². The third kappa shape index (κ3) is 6.23. The molecule has 2 unspecified atom stereocenters. The first-order valence-electron chi connectivity index (χ1n) is 5.78. The number of hydrogen-bond acceptors (Lipinski definition) is 4. The first kappa shape index (κ1) is 15.9. The summed E-state index contributed by atoms with van der Waals surface area (Å²) in [5.41, 5.74) is 5.43. The molecule has 0 aromatic rings. The molecule has 2 atom stereocenters. The Morgan fingerprint density at radius 2 is 2.12 bits per heavy atom. The van der Waals surface area contributed by atoms with Crippen LogP contribution in [-0.4, -0.2) is 43.3 Å². The van der Waals surface area contributed by atoms with Gasteiger partial charge in [0.05, 0.1) is 0 Å². The third-order valence-electron chi connectivity index (χ3n) is 2.60. The average molecular weight is 246 g/mol. The summed E-state index contributed by atoms with van der Waals surface area (Å²) in [4.78, 5) is 22.6. The number of methoxy groups -OCH3 is 1. The summed E-state index contributed by atoms with van der Waals surface area (Å²) < 4.78 is 4.84. The summed E-state index contributed by atoms with van der Waals surface area (Å²) in [5.74, 6) is -1.64. The van der Waals surface area contributed by atoms with E-state index >= 15 is 0 Å². The Morgan fingerprint density at radius 3 is 2.53 bits per heavy atom. The van der Waals surface area contributed by atoms with Crippen LogP contribution in [0.1, 0.15) is 26.2 Å². The quantitative estimate of drug-likeness (QED) is 0.496. The van der Waals surface area contributed by atoms with Crippen LogP contribution in [0.3, 0.4) is 0 Å². The van der Waals surface area contributed by atoms with Gasteiger partial charge in [0.1, 0.15) is 6.04 Å². The number of hydrogen-bond donors (Lipinski definition) is 3. The van der Waals surface area contributed by atoms with Gasteiger partial charge in [0.25, 0.3) is 0 Å². The van der Waals surface area contributed by atoms with Gasteiger partial charge in [0, 0.05) is 26.2 Å². The number of nitrogens with one attached hydrogen (secondary N) is 1. The fraction of sp³-hybridized carbons (Fsp3) is 0.818. The standard InChI is InChI=1S/C11H22N2O4/c1-3-8(7-12)10(14)13-9(11(15)16)5-4-6-17-2/h8-9H,3-7,12H2,1-2H3,(H,13,14)(H,15,16). The minimum absolute atomic E-state index is 0.229. The van der Waals surface area contributed by atoms with Crippen LogP contribution in [0.15, 0.2) is 0 Å². The molecular weight excluding hydrogens is 224 g/mol. The monoisotopic (exact) mass is 246 g/mol. The number of carbonyl (C=O) groups excluding carboxylic acids is 1. The molecule has 0 heterocycles. The summed E-state index contributed by atoms with van der Waals surface area (Å²) in [6.45, 7) is 2.55. The topological polar surface area (TPSA) is 102 Å². The van der Waals surface area contributed by atoms with Crippen LogP contribution >= 0.6 is 0 Å². The molecule has 17 heavy (non-hydrogen) atoms. The molecule has 0 aliphatic rings. The molecule has 0 aromatic carbocycles. The van der Waals surface area contributed by atoms with Crippen LogP contribution in [0, 0.1) is 5.92 Å². The van der Waals surface area contributed by atoms with E-state index in [1.54, 1.807) is 7.11 Å². The fourth-order valence-corrected chi connectivity index (χ4v) is 1.44. The van der Waals surface area contributed by atoms with E-state index < -0.39 is 12.0 Å². The molecule has 1 amide bonds. The highest BCUT2D eigenvalue weighted by Crippen LogP contribution is 2.04. The van der Waals surface area contributed by atoms with Gasteiger partial charge in [-0.15, -0.1) is 0 Å². The molecule has 0 saturated heterocycles. The van der Waals surface area contributed by atoms with Gasteiger partial charge in [-0.3, -0.25) is 4.79 Å². The van der Waals surface area contributed by atoms with Crippen molar-refractivity contribution in [2.75, 3.05) is 20.3 Å². The van der Waals surface area contributed by atoms with E-state index in [-0.39, 0.29) is 18.4 Å². The first-order chi connectivity index (χ1) is 8.06. The van der Waals surface area contributed by atoms with Gasteiger partial charge in [-0.2, -0.15) is 0 Å². The van der Waals surface area contributed by atoms with Gasteiger partial charge in [-0.25, -0.2) is 4.79 Å². The normalized spacial score (nSPS) is 14.1. The number of carbonyl (C=O) groups is 2. The van der Waals surface area contributed by atoms with Crippen LogP contribution < -0.4 is 11.1 Å². The minimum atomic E-state index is -1.03. The van der Waals surface area contributed by atoms with Crippen molar-refractivity contribution in [1.82, 2.24) is 5.32 Å². The lowest BCUT2D eigenvalue weighted by Gasteiger charge is -2.18. The van der Waals surface area contributed by atoms with Crippen LogP contribution in [0.25, 0.3) is 0 Å². The van der Waals surface area contributed by atoms with Crippen molar-refractivity contribution < 1.29 is 19.4 Å². The van der Waals surface area contributed by atoms with Crippen LogP contribution in [0.5, 0.6) is 0 Å². The molecule has 0 aliphatic carbocycles. The number of carboxylic acids is 1. The second-order valence-electron chi connectivity index (χ2n) is 3.88. The predicted molar refractivity (Wildman–Crippen MR) is 63.5 cm³/mol. The lowest BCUT2D eigenvalue weighted by Crippen LogP contribution is -2.45. The highest BCUT2D eigenvalue weighted by atomic mass is 16.5. The summed E-state index contributed by atoms with van der Waals surface area (Å²) in [7, 11) is 1.55. The lowest BCUT2D eigenvalue weighted by atomic mass is 10.0. The molecule has 0 aromatic heterocycles. The van der Waals surface area contributed by atoms with Crippen molar-refractivity contribution in [3.8, 4) is 0 Å². The smallest absolute Gasteiger partial charge is 0.326 e. The zero-order valence-corrected chi connectivity index (χ0v) is 10.4. The summed E-state index contributed by atoms with van der Waals surface area (Å²) in [5, 5.41) is 11.5.